The molecule has 0 saturated carbocycles. The molecule has 2 rings (SSSR count). The fourth-order valence-corrected chi connectivity index (χ4v) is 1.93. The topological polar surface area (TPSA) is 104 Å². The van der Waals surface area contributed by atoms with Crippen LogP contribution in [0, 0.1) is 10.1 Å². The fraction of sp³-hybridized carbons (Fsp3) is 0.176. The van der Waals surface area contributed by atoms with Crippen LogP contribution in [0.25, 0.3) is 6.08 Å². The fourth-order valence-electron chi connectivity index (χ4n) is 1.93. The maximum absolute atomic E-state index is 11.6. The van der Waals surface area contributed by atoms with Crippen molar-refractivity contribution in [3.05, 3.63) is 69.9 Å². The zero-order valence-corrected chi connectivity index (χ0v) is 13.5. The second-order valence-electron chi connectivity index (χ2n) is 4.86. The third kappa shape index (κ3) is 5.61. The number of aromatic nitrogens is 1. The van der Waals surface area contributed by atoms with Crippen molar-refractivity contribution in [2.24, 2.45) is 0 Å². The Bertz CT molecular complexity index is 762. The monoisotopic (exact) mass is 343 g/mol. The first-order valence-corrected chi connectivity index (χ1v) is 7.40. The van der Waals surface area contributed by atoms with Gasteiger partial charge >= 0.3 is 6.09 Å². The third-order valence-corrected chi connectivity index (χ3v) is 3.14. The Morgan fingerprint density at radius 1 is 1.28 bits per heavy atom. The lowest BCUT2D eigenvalue weighted by Gasteiger charge is -2.05. The number of carbonyl (C=O) groups is 1. The molecule has 0 unspecified atom stereocenters. The third-order valence-electron chi connectivity index (χ3n) is 3.14. The molecular weight excluding hydrogens is 326 g/mol. The van der Waals surface area contributed by atoms with Gasteiger partial charge in [-0.15, -0.1) is 0 Å². The summed E-state index contributed by atoms with van der Waals surface area (Å²) in [6.45, 7) is 0.308. The van der Waals surface area contributed by atoms with Crippen LogP contribution in [-0.2, 0) is 11.3 Å². The zero-order valence-electron chi connectivity index (χ0n) is 13.5. The number of hydrogen-bond donors (Lipinski definition) is 1. The Labute approximate surface area is 144 Å². The molecule has 0 radical (unpaired) electrons. The van der Waals surface area contributed by atoms with Gasteiger partial charge in [0.2, 0.25) is 5.88 Å². The van der Waals surface area contributed by atoms with E-state index in [9.17, 15) is 14.9 Å². The van der Waals surface area contributed by atoms with Crippen molar-refractivity contribution >= 4 is 17.9 Å². The highest BCUT2D eigenvalue weighted by Crippen LogP contribution is 2.21. The van der Waals surface area contributed by atoms with E-state index in [1.807, 2.05) is 30.3 Å². The van der Waals surface area contributed by atoms with Crippen LogP contribution in [0.15, 0.2) is 48.5 Å². The molecule has 8 heteroatoms. The number of nitrogens with zero attached hydrogens (tertiary/aromatic N) is 2. The van der Waals surface area contributed by atoms with Crippen molar-refractivity contribution in [3.8, 4) is 5.88 Å². The van der Waals surface area contributed by atoms with Crippen LogP contribution >= 0.6 is 0 Å². The van der Waals surface area contributed by atoms with Crippen LogP contribution in [0.2, 0.25) is 0 Å². The lowest BCUT2D eigenvalue weighted by atomic mass is 10.2. The maximum Gasteiger partial charge on any atom is 0.407 e. The van der Waals surface area contributed by atoms with Gasteiger partial charge in [-0.25, -0.2) is 9.78 Å². The Morgan fingerprint density at radius 2 is 2.04 bits per heavy atom. The number of rotatable bonds is 7. The molecule has 0 atom stereocenters. The minimum absolute atomic E-state index is 0.142. The molecule has 8 nitrogen and oxygen atoms in total. The molecule has 2 aromatic rings. The van der Waals surface area contributed by atoms with Gasteiger partial charge in [-0.2, -0.15) is 0 Å². The summed E-state index contributed by atoms with van der Waals surface area (Å²) in [6.07, 6.45) is 2.40. The number of pyridine rings is 1. The second kappa shape index (κ2) is 9.02. The first-order valence-electron chi connectivity index (χ1n) is 7.40. The largest absolute Gasteiger partial charge is 0.481 e. The molecule has 0 spiro atoms. The molecule has 1 heterocycles. The number of amides is 1. The molecule has 1 aromatic carbocycles. The van der Waals surface area contributed by atoms with E-state index in [4.69, 9.17) is 9.47 Å². The number of carbonyl (C=O) groups excluding carboxylic acids is 1. The highest BCUT2D eigenvalue weighted by molar-refractivity contribution is 5.67. The van der Waals surface area contributed by atoms with E-state index < -0.39 is 11.0 Å². The molecule has 130 valence electrons. The molecule has 0 fully saturated rings. The van der Waals surface area contributed by atoms with Gasteiger partial charge in [-0.1, -0.05) is 36.4 Å². The van der Waals surface area contributed by atoms with Gasteiger partial charge in [0.1, 0.15) is 12.3 Å². The van der Waals surface area contributed by atoms with Crippen molar-refractivity contribution in [2.45, 2.75) is 6.61 Å². The number of alkyl carbamates (subject to hydrolysis) is 1. The van der Waals surface area contributed by atoms with E-state index in [-0.39, 0.29) is 30.4 Å². The van der Waals surface area contributed by atoms with Crippen molar-refractivity contribution in [1.82, 2.24) is 10.3 Å². The summed E-state index contributed by atoms with van der Waals surface area (Å²) in [6, 6.07) is 12.0. The summed E-state index contributed by atoms with van der Waals surface area (Å²) in [7, 11) is 1.42. The Hall–Kier alpha value is -3.42. The van der Waals surface area contributed by atoms with Crippen LogP contribution in [-0.4, -0.2) is 29.7 Å². The SMILES string of the molecule is COc1ccc([N+](=O)[O-])c(C=CCNC(=O)OCc2ccccc2)n1. The van der Waals surface area contributed by atoms with E-state index in [0.717, 1.165) is 5.56 Å². The average molecular weight is 343 g/mol. The number of nitrogens with one attached hydrogen (secondary N) is 1. The maximum atomic E-state index is 11.6. The Balaban J connectivity index is 1.86. The Kier molecular flexibility index (Phi) is 6.47. The predicted molar refractivity (Wildman–Crippen MR) is 91.1 cm³/mol. The minimum atomic E-state index is -0.582. The van der Waals surface area contributed by atoms with Crippen LogP contribution in [0.3, 0.4) is 0 Å². The lowest BCUT2D eigenvalue weighted by Crippen LogP contribution is -2.24. The van der Waals surface area contributed by atoms with Gasteiger partial charge in [0.15, 0.2) is 0 Å². The molecule has 1 N–H and O–H groups in total. The van der Waals surface area contributed by atoms with Gasteiger partial charge in [-0.3, -0.25) is 10.1 Å². The first kappa shape index (κ1) is 17.9. The van der Waals surface area contributed by atoms with E-state index in [1.54, 1.807) is 6.08 Å². The van der Waals surface area contributed by atoms with Crippen LogP contribution < -0.4 is 10.1 Å². The summed E-state index contributed by atoms with van der Waals surface area (Å²) < 4.78 is 10.0. The normalized spacial score (nSPS) is 10.4. The number of benzene rings is 1. The number of nitro groups is 1. The van der Waals surface area contributed by atoms with Crippen molar-refractivity contribution in [1.29, 1.82) is 0 Å². The summed E-state index contributed by atoms with van der Waals surface area (Å²) in [5.74, 6) is 0.264. The predicted octanol–water partition coefficient (Wildman–Crippen LogP) is 2.94. The summed E-state index contributed by atoms with van der Waals surface area (Å²) in [4.78, 5) is 26.1. The van der Waals surface area contributed by atoms with E-state index in [0.29, 0.717) is 0 Å². The molecule has 1 aromatic heterocycles. The standard InChI is InChI=1S/C17H17N3O5/c1-24-16-10-9-15(20(22)23)14(19-16)8-5-11-18-17(21)25-12-13-6-3-2-4-7-13/h2-10H,11-12H2,1H3,(H,18,21). The zero-order chi connectivity index (χ0) is 18.1. The first-order chi connectivity index (χ1) is 12.1. The average Bonchev–Trinajstić information content (AvgIpc) is 2.64. The number of hydrogen-bond acceptors (Lipinski definition) is 6. The Morgan fingerprint density at radius 3 is 2.72 bits per heavy atom. The highest BCUT2D eigenvalue weighted by Gasteiger charge is 2.13. The van der Waals surface area contributed by atoms with E-state index in [2.05, 4.69) is 10.3 Å². The molecule has 25 heavy (non-hydrogen) atoms. The molecule has 0 aliphatic rings. The van der Waals surface area contributed by atoms with Crippen LogP contribution in [0.1, 0.15) is 11.3 Å². The number of methoxy groups -OCH3 is 1. The number of ether oxygens (including phenoxy) is 2. The molecule has 0 bridgehead atoms. The van der Waals surface area contributed by atoms with Gasteiger partial charge in [0.05, 0.1) is 12.0 Å². The minimum Gasteiger partial charge on any atom is -0.481 e. The van der Waals surface area contributed by atoms with E-state index >= 15 is 0 Å². The quantitative estimate of drug-likeness (QED) is 0.612. The molecular formula is C17H17N3O5. The molecule has 0 aliphatic carbocycles. The van der Waals surface area contributed by atoms with Gasteiger partial charge in [-0.05, 0) is 11.6 Å². The summed E-state index contributed by atoms with van der Waals surface area (Å²) in [5, 5.41) is 13.5. The smallest absolute Gasteiger partial charge is 0.407 e. The van der Waals surface area contributed by atoms with Crippen molar-refractivity contribution in [2.75, 3.05) is 13.7 Å². The molecule has 1 amide bonds. The van der Waals surface area contributed by atoms with Crippen LogP contribution in [0.5, 0.6) is 5.88 Å². The molecule has 0 saturated heterocycles. The van der Waals surface area contributed by atoms with Gasteiger partial charge in [0.25, 0.3) is 5.69 Å². The summed E-state index contributed by atoms with van der Waals surface area (Å²) >= 11 is 0. The van der Waals surface area contributed by atoms with Gasteiger partial charge < -0.3 is 14.8 Å². The van der Waals surface area contributed by atoms with Crippen molar-refractivity contribution < 1.29 is 19.2 Å². The lowest BCUT2D eigenvalue weighted by molar-refractivity contribution is -0.385. The van der Waals surface area contributed by atoms with Crippen molar-refractivity contribution in [3.63, 3.8) is 0 Å². The summed E-state index contributed by atoms with van der Waals surface area (Å²) in [5.41, 5.74) is 0.872. The second-order valence-corrected chi connectivity index (χ2v) is 4.86. The molecule has 0 aliphatic heterocycles. The van der Waals surface area contributed by atoms with Gasteiger partial charge in [0, 0.05) is 18.7 Å². The van der Waals surface area contributed by atoms with E-state index in [1.165, 1.54) is 25.3 Å². The van der Waals surface area contributed by atoms with Crippen LogP contribution in [0.4, 0.5) is 10.5 Å². The highest BCUT2D eigenvalue weighted by atomic mass is 16.6.